The SMILES string of the molecule is CC(=O)N[C@@H]1CN(C(=O)CCS(=O)(=O)c2ccccc2)C[C@H]1C(C)C. The summed E-state index contributed by atoms with van der Waals surface area (Å²) in [6.07, 6.45) is -0.0468. The predicted octanol–water partition coefficient (Wildman–Crippen LogP) is 1.47. The number of sulfone groups is 1. The Morgan fingerprint density at radius 3 is 2.40 bits per heavy atom. The number of nitrogens with one attached hydrogen (secondary N) is 1. The number of amides is 2. The third-order valence-electron chi connectivity index (χ3n) is 4.65. The maximum absolute atomic E-state index is 12.5. The average molecular weight is 366 g/mol. The molecule has 0 radical (unpaired) electrons. The molecule has 2 amide bonds. The molecular formula is C18H26N2O4S. The van der Waals surface area contributed by atoms with E-state index in [2.05, 4.69) is 19.2 Å². The number of carbonyl (C=O) groups is 2. The second-order valence-electron chi connectivity index (χ2n) is 6.90. The van der Waals surface area contributed by atoms with Crippen LogP contribution in [0.3, 0.4) is 0 Å². The van der Waals surface area contributed by atoms with Gasteiger partial charge in [0.25, 0.3) is 0 Å². The van der Waals surface area contributed by atoms with Gasteiger partial charge in [0.05, 0.1) is 16.7 Å². The van der Waals surface area contributed by atoms with Gasteiger partial charge in [0.1, 0.15) is 0 Å². The molecule has 138 valence electrons. The van der Waals surface area contributed by atoms with Gasteiger partial charge in [-0.25, -0.2) is 8.42 Å². The van der Waals surface area contributed by atoms with Crippen LogP contribution in [0.2, 0.25) is 0 Å². The number of likely N-dealkylation sites (tertiary alicyclic amines) is 1. The number of benzene rings is 1. The van der Waals surface area contributed by atoms with E-state index in [-0.39, 0.29) is 40.8 Å². The lowest BCUT2D eigenvalue weighted by Crippen LogP contribution is -2.41. The average Bonchev–Trinajstić information content (AvgIpc) is 2.97. The first-order valence-electron chi connectivity index (χ1n) is 8.53. The maximum Gasteiger partial charge on any atom is 0.223 e. The van der Waals surface area contributed by atoms with Crippen LogP contribution in [0.5, 0.6) is 0 Å². The smallest absolute Gasteiger partial charge is 0.223 e. The summed E-state index contributed by atoms with van der Waals surface area (Å²) in [6.45, 7) is 6.58. The first kappa shape index (κ1) is 19.4. The minimum absolute atomic E-state index is 0.0468. The molecule has 1 N–H and O–H groups in total. The zero-order chi connectivity index (χ0) is 18.6. The molecule has 7 heteroatoms. The van der Waals surface area contributed by atoms with Gasteiger partial charge in [0.15, 0.2) is 9.84 Å². The lowest BCUT2D eigenvalue weighted by molar-refractivity contribution is -0.130. The first-order chi connectivity index (χ1) is 11.7. The second-order valence-corrected chi connectivity index (χ2v) is 9.00. The molecule has 1 aliphatic rings. The van der Waals surface area contributed by atoms with E-state index in [1.54, 1.807) is 23.1 Å². The molecule has 1 heterocycles. The molecular weight excluding hydrogens is 340 g/mol. The van der Waals surface area contributed by atoms with Crippen LogP contribution >= 0.6 is 0 Å². The Hall–Kier alpha value is -1.89. The van der Waals surface area contributed by atoms with E-state index >= 15 is 0 Å². The highest BCUT2D eigenvalue weighted by atomic mass is 32.2. The van der Waals surface area contributed by atoms with Crippen LogP contribution in [0.1, 0.15) is 27.2 Å². The van der Waals surface area contributed by atoms with Crippen LogP contribution in [-0.2, 0) is 19.4 Å². The highest BCUT2D eigenvalue weighted by molar-refractivity contribution is 7.91. The summed E-state index contributed by atoms with van der Waals surface area (Å²) in [5.41, 5.74) is 0. The summed E-state index contributed by atoms with van der Waals surface area (Å²) in [5, 5.41) is 2.91. The van der Waals surface area contributed by atoms with Crippen molar-refractivity contribution in [3.05, 3.63) is 30.3 Å². The molecule has 0 saturated carbocycles. The molecule has 0 bridgehead atoms. The number of carbonyl (C=O) groups excluding carboxylic acids is 2. The highest BCUT2D eigenvalue weighted by Crippen LogP contribution is 2.25. The van der Waals surface area contributed by atoms with Gasteiger partial charge in [0.2, 0.25) is 11.8 Å². The van der Waals surface area contributed by atoms with Crippen molar-refractivity contribution in [2.24, 2.45) is 11.8 Å². The quantitative estimate of drug-likeness (QED) is 0.826. The Labute approximate surface area is 149 Å². The number of hydrogen-bond acceptors (Lipinski definition) is 4. The monoisotopic (exact) mass is 366 g/mol. The maximum atomic E-state index is 12.5. The Balaban J connectivity index is 1.98. The third kappa shape index (κ3) is 5.04. The van der Waals surface area contributed by atoms with Crippen molar-refractivity contribution in [2.75, 3.05) is 18.8 Å². The van der Waals surface area contributed by atoms with Gasteiger partial charge >= 0.3 is 0 Å². The molecule has 0 unspecified atom stereocenters. The highest BCUT2D eigenvalue weighted by Gasteiger charge is 2.37. The molecule has 1 fully saturated rings. The van der Waals surface area contributed by atoms with Crippen LogP contribution in [-0.4, -0.2) is 50.0 Å². The van der Waals surface area contributed by atoms with Gasteiger partial charge in [0, 0.05) is 32.4 Å². The van der Waals surface area contributed by atoms with Crippen molar-refractivity contribution in [1.29, 1.82) is 0 Å². The number of hydrogen-bond donors (Lipinski definition) is 1. The largest absolute Gasteiger partial charge is 0.351 e. The molecule has 2 atom stereocenters. The number of rotatable bonds is 6. The van der Waals surface area contributed by atoms with Crippen LogP contribution in [0.4, 0.5) is 0 Å². The van der Waals surface area contributed by atoms with Gasteiger partial charge in [-0.1, -0.05) is 32.0 Å². The third-order valence-corrected chi connectivity index (χ3v) is 6.38. The molecule has 2 rings (SSSR count). The molecule has 6 nitrogen and oxygen atoms in total. The molecule has 1 aromatic carbocycles. The summed E-state index contributed by atoms with van der Waals surface area (Å²) < 4.78 is 24.6. The van der Waals surface area contributed by atoms with Gasteiger partial charge in [-0.05, 0) is 18.1 Å². The number of nitrogens with zero attached hydrogens (tertiary/aromatic N) is 1. The van der Waals surface area contributed by atoms with Gasteiger partial charge in [-0.15, -0.1) is 0 Å². The fourth-order valence-electron chi connectivity index (χ4n) is 3.25. The van der Waals surface area contributed by atoms with E-state index in [0.29, 0.717) is 19.0 Å². The zero-order valence-corrected chi connectivity index (χ0v) is 15.8. The Kier molecular flexibility index (Phi) is 6.21. The minimum Gasteiger partial charge on any atom is -0.351 e. The normalized spacial score (nSPS) is 20.7. The summed E-state index contributed by atoms with van der Waals surface area (Å²) >= 11 is 0. The molecule has 25 heavy (non-hydrogen) atoms. The first-order valence-corrected chi connectivity index (χ1v) is 10.2. The van der Waals surface area contributed by atoms with Crippen molar-refractivity contribution in [3.8, 4) is 0 Å². The zero-order valence-electron chi connectivity index (χ0n) is 14.9. The van der Waals surface area contributed by atoms with Crippen molar-refractivity contribution >= 4 is 21.7 Å². The van der Waals surface area contributed by atoms with Crippen molar-refractivity contribution < 1.29 is 18.0 Å². The Bertz CT molecular complexity index is 716. The van der Waals surface area contributed by atoms with Gasteiger partial charge in [-0.2, -0.15) is 0 Å². The van der Waals surface area contributed by atoms with Crippen LogP contribution in [0.15, 0.2) is 35.2 Å². The van der Waals surface area contributed by atoms with Crippen LogP contribution in [0, 0.1) is 11.8 Å². The van der Waals surface area contributed by atoms with Crippen LogP contribution < -0.4 is 5.32 Å². The summed E-state index contributed by atoms with van der Waals surface area (Å²) in [5.74, 6) is -0.000334. The standard InChI is InChI=1S/C18H26N2O4S/c1-13(2)16-11-20(12-17(16)19-14(3)21)18(22)9-10-25(23,24)15-7-5-4-6-8-15/h4-8,13,16-17H,9-12H2,1-3H3,(H,19,21)/t16-,17+/m0/s1. The molecule has 1 aliphatic heterocycles. The molecule has 0 aliphatic carbocycles. The molecule has 0 spiro atoms. The lowest BCUT2D eigenvalue weighted by Gasteiger charge is -2.21. The molecule has 0 aromatic heterocycles. The lowest BCUT2D eigenvalue weighted by atomic mass is 9.91. The van der Waals surface area contributed by atoms with E-state index < -0.39 is 9.84 Å². The summed E-state index contributed by atoms with van der Waals surface area (Å²) in [6, 6.07) is 8.09. The predicted molar refractivity (Wildman–Crippen MR) is 95.6 cm³/mol. The topological polar surface area (TPSA) is 83.6 Å². The Morgan fingerprint density at radius 1 is 1.20 bits per heavy atom. The van der Waals surface area contributed by atoms with E-state index in [4.69, 9.17) is 0 Å². The fraction of sp³-hybridized carbons (Fsp3) is 0.556. The molecule has 1 saturated heterocycles. The summed E-state index contributed by atoms with van der Waals surface area (Å²) in [4.78, 5) is 25.7. The van der Waals surface area contributed by atoms with Crippen LogP contribution in [0.25, 0.3) is 0 Å². The van der Waals surface area contributed by atoms with Crippen molar-refractivity contribution in [1.82, 2.24) is 10.2 Å². The fourth-order valence-corrected chi connectivity index (χ4v) is 4.50. The van der Waals surface area contributed by atoms with Crippen molar-refractivity contribution in [2.45, 2.75) is 38.1 Å². The van der Waals surface area contributed by atoms with Gasteiger partial charge < -0.3 is 10.2 Å². The van der Waals surface area contributed by atoms with Crippen molar-refractivity contribution in [3.63, 3.8) is 0 Å². The minimum atomic E-state index is -3.46. The Morgan fingerprint density at radius 2 is 1.84 bits per heavy atom. The van der Waals surface area contributed by atoms with E-state index in [1.165, 1.54) is 19.1 Å². The molecule has 1 aromatic rings. The van der Waals surface area contributed by atoms with E-state index in [0.717, 1.165) is 0 Å². The summed E-state index contributed by atoms with van der Waals surface area (Å²) in [7, 11) is -3.46. The van der Waals surface area contributed by atoms with Gasteiger partial charge in [-0.3, -0.25) is 9.59 Å². The second kappa shape index (κ2) is 7.99. The van der Waals surface area contributed by atoms with E-state index in [1.807, 2.05) is 0 Å². The van der Waals surface area contributed by atoms with E-state index in [9.17, 15) is 18.0 Å².